The summed E-state index contributed by atoms with van der Waals surface area (Å²) in [5, 5.41) is 0. The van der Waals surface area contributed by atoms with Crippen LogP contribution in [-0.4, -0.2) is 26.5 Å². The van der Waals surface area contributed by atoms with Crippen LogP contribution in [0, 0.1) is 11.8 Å². The van der Waals surface area contributed by atoms with E-state index in [2.05, 4.69) is 68.9 Å². The van der Waals surface area contributed by atoms with Gasteiger partial charge in [-0.25, -0.2) is 4.79 Å². The molecule has 0 aliphatic carbocycles. The number of carbonyl (C=O) groups is 1. The van der Waals surface area contributed by atoms with E-state index in [9.17, 15) is 4.79 Å². The van der Waals surface area contributed by atoms with Crippen LogP contribution in [0.25, 0.3) is 6.08 Å². The average molecular weight is 473 g/mol. The standard InChI is InChI=1S/C29H48O3Si/c1-11-16-27(32-33(21(3)4,22(5)6)23(7)8)25(10)29(24(9)12-2)31-28(30)20-19-26-17-14-13-15-18-26/h11,13-15,17-25,27,29H,1,12,16H2,2-10H3/b20-19+/t24-,25-,27-,29+/m0/s1. The van der Waals surface area contributed by atoms with Gasteiger partial charge in [0.15, 0.2) is 0 Å². The van der Waals surface area contributed by atoms with Crippen molar-refractivity contribution in [1.29, 1.82) is 0 Å². The lowest BCUT2D eigenvalue weighted by Crippen LogP contribution is -2.52. The number of benzene rings is 1. The predicted molar refractivity (Wildman–Crippen MR) is 145 cm³/mol. The molecule has 0 aliphatic rings. The first kappa shape index (κ1) is 29.4. The second-order valence-electron chi connectivity index (χ2n) is 10.4. The van der Waals surface area contributed by atoms with Crippen LogP contribution in [0.2, 0.25) is 16.6 Å². The first-order chi connectivity index (χ1) is 15.5. The zero-order chi connectivity index (χ0) is 25.2. The highest BCUT2D eigenvalue weighted by Gasteiger charge is 2.48. The fraction of sp³-hybridized carbons (Fsp3) is 0.621. The zero-order valence-electron chi connectivity index (χ0n) is 22.5. The molecule has 0 unspecified atom stereocenters. The topological polar surface area (TPSA) is 35.5 Å². The molecule has 4 heteroatoms. The molecule has 4 atom stereocenters. The first-order valence-electron chi connectivity index (χ1n) is 12.7. The summed E-state index contributed by atoms with van der Waals surface area (Å²) < 4.78 is 13.3. The van der Waals surface area contributed by atoms with Gasteiger partial charge >= 0.3 is 5.97 Å². The zero-order valence-corrected chi connectivity index (χ0v) is 23.5. The molecule has 1 aromatic carbocycles. The SMILES string of the molecule is C=CC[C@H](O[Si](C(C)C)(C(C)C)C(C)C)[C@H](C)[C@H](OC(=O)/C=C/c1ccccc1)[C@@H](C)CC. The van der Waals surface area contributed by atoms with Crippen molar-refractivity contribution < 1.29 is 14.0 Å². The van der Waals surface area contributed by atoms with Crippen LogP contribution >= 0.6 is 0 Å². The lowest BCUT2D eigenvalue weighted by molar-refractivity contribution is -0.151. The van der Waals surface area contributed by atoms with Gasteiger partial charge in [0.2, 0.25) is 8.32 Å². The highest BCUT2D eigenvalue weighted by atomic mass is 28.4. The molecule has 0 radical (unpaired) electrons. The van der Waals surface area contributed by atoms with Crippen molar-refractivity contribution in [2.45, 2.75) is 104 Å². The maximum Gasteiger partial charge on any atom is 0.331 e. The molecule has 0 heterocycles. The molecule has 1 aromatic rings. The Hall–Kier alpha value is -1.65. The fourth-order valence-corrected chi connectivity index (χ4v) is 10.9. The van der Waals surface area contributed by atoms with Crippen LogP contribution in [0.5, 0.6) is 0 Å². The van der Waals surface area contributed by atoms with Crippen LogP contribution in [0.3, 0.4) is 0 Å². The van der Waals surface area contributed by atoms with E-state index in [-0.39, 0.29) is 30.0 Å². The van der Waals surface area contributed by atoms with Gasteiger partial charge in [0.05, 0.1) is 6.10 Å². The molecule has 1 rings (SSSR count). The van der Waals surface area contributed by atoms with Gasteiger partial charge in [-0.1, -0.05) is 105 Å². The van der Waals surface area contributed by atoms with E-state index in [1.807, 2.05) is 42.5 Å². The molecule has 0 bridgehead atoms. The normalized spacial score (nSPS) is 16.2. The monoisotopic (exact) mass is 472 g/mol. The highest BCUT2D eigenvalue weighted by Crippen LogP contribution is 2.44. The molecule has 0 N–H and O–H groups in total. The number of hydrogen-bond acceptors (Lipinski definition) is 3. The minimum Gasteiger partial charge on any atom is -0.459 e. The van der Waals surface area contributed by atoms with Crippen LogP contribution in [0.1, 0.15) is 80.7 Å². The Labute approximate surface area is 204 Å². The summed E-state index contributed by atoms with van der Waals surface area (Å²) >= 11 is 0. The molecule has 0 spiro atoms. The third-order valence-electron chi connectivity index (χ3n) is 7.23. The minimum absolute atomic E-state index is 0.0220. The van der Waals surface area contributed by atoms with Gasteiger partial charge in [-0.3, -0.25) is 0 Å². The summed E-state index contributed by atoms with van der Waals surface area (Å²) in [6.45, 7) is 24.4. The molecule has 0 aromatic heterocycles. The summed E-state index contributed by atoms with van der Waals surface area (Å²) in [7, 11) is -2.08. The van der Waals surface area contributed by atoms with Crippen LogP contribution in [-0.2, 0) is 14.0 Å². The Balaban J connectivity index is 3.18. The average Bonchev–Trinajstić information content (AvgIpc) is 2.77. The Bertz CT molecular complexity index is 717. The Morgan fingerprint density at radius 1 is 0.970 bits per heavy atom. The first-order valence-corrected chi connectivity index (χ1v) is 14.9. The smallest absolute Gasteiger partial charge is 0.331 e. The second kappa shape index (κ2) is 13.9. The second-order valence-corrected chi connectivity index (χ2v) is 15.8. The highest BCUT2D eigenvalue weighted by molar-refractivity contribution is 6.77. The summed E-state index contributed by atoms with van der Waals surface area (Å²) in [5.41, 5.74) is 2.47. The molecule has 33 heavy (non-hydrogen) atoms. The summed E-state index contributed by atoms with van der Waals surface area (Å²) in [6, 6.07) is 9.83. The minimum atomic E-state index is -2.08. The van der Waals surface area contributed by atoms with E-state index >= 15 is 0 Å². The van der Waals surface area contributed by atoms with Crippen molar-refractivity contribution >= 4 is 20.4 Å². The third-order valence-corrected chi connectivity index (χ3v) is 13.4. The van der Waals surface area contributed by atoms with Gasteiger partial charge in [0.25, 0.3) is 0 Å². The van der Waals surface area contributed by atoms with E-state index in [0.717, 1.165) is 18.4 Å². The molecular weight excluding hydrogens is 424 g/mol. The molecule has 0 fully saturated rings. The van der Waals surface area contributed by atoms with Crippen molar-refractivity contribution in [2.75, 3.05) is 0 Å². The molecule has 186 valence electrons. The predicted octanol–water partition coefficient (Wildman–Crippen LogP) is 8.43. The van der Waals surface area contributed by atoms with E-state index in [4.69, 9.17) is 9.16 Å². The Kier molecular flexibility index (Phi) is 12.4. The van der Waals surface area contributed by atoms with Crippen LogP contribution < -0.4 is 0 Å². The van der Waals surface area contributed by atoms with E-state index < -0.39 is 8.32 Å². The number of carbonyl (C=O) groups excluding carboxylic acids is 1. The fourth-order valence-electron chi connectivity index (χ4n) is 5.29. The van der Waals surface area contributed by atoms with Gasteiger partial charge in [-0.15, -0.1) is 6.58 Å². The Morgan fingerprint density at radius 3 is 1.97 bits per heavy atom. The van der Waals surface area contributed by atoms with Gasteiger partial charge in [-0.2, -0.15) is 0 Å². The summed E-state index contributed by atoms with van der Waals surface area (Å²) in [5.74, 6) is 0.00167. The molecule has 0 saturated heterocycles. The number of rotatable bonds is 14. The molecule has 0 saturated carbocycles. The number of ether oxygens (including phenoxy) is 1. The number of hydrogen-bond donors (Lipinski definition) is 0. The summed E-state index contributed by atoms with van der Waals surface area (Å²) in [4.78, 5) is 12.8. The van der Waals surface area contributed by atoms with Crippen molar-refractivity contribution in [3.63, 3.8) is 0 Å². The lowest BCUT2D eigenvalue weighted by Gasteiger charge is -2.47. The molecule has 0 amide bonds. The van der Waals surface area contributed by atoms with Crippen molar-refractivity contribution in [1.82, 2.24) is 0 Å². The van der Waals surface area contributed by atoms with Crippen LogP contribution in [0.4, 0.5) is 0 Å². The largest absolute Gasteiger partial charge is 0.459 e. The Morgan fingerprint density at radius 2 is 1.52 bits per heavy atom. The van der Waals surface area contributed by atoms with Crippen molar-refractivity contribution in [2.24, 2.45) is 11.8 Å². The molecule has 3 nitrogen and oxygen atoms in total. The van der Waals surface area contributed by atoms with Gasteiger partial charge < -0.3 is 9.16 Å². The molecular formula is C29H48O3Si. The van der Waals surface area contributed by atoms with Crippen molar-refractivity contribution in [3.8, 4) is 0 Å². The van der Waals surface area contributed by atoms with E-state index in [1.165, 1.54) is 6.08 Å². The maximum atomic E-state index is 12.8. The lowest BCUT2D eigenvalue weighted by atomic mass is 9.86. The van der Waals surface area contributed by atoms with Crippen LogP contribution in [0.15, 0.2) is 49.1 Å². The van der Waals surface area contributed by atoms with Crippen molar-refractivity contribution in [3.05, 3.63) is 54.6 Å². The quantitative estimate of drug-likeness (QED) is 0.118. The van der Waals surface area contributed by atoms with Gasteiger partial charge in [0.1, 0.15) is 6.10 Å². The van der Waals surface area contributed by atoms with Gasteiger partial charge in [-0.05, 0) is 40.6 Å². The molecule has 0 aliphatic heterocycles. The van der Waals surface area contributed by atoms with E-state index in [1.54, 1.807) is 0 Å². The van der Waals surface area contributed by atoms with E-state index in [0.29, 0.717) is 16.6 Å². The summed E-state index contributed by atoms with van der Waals surface area (Å²) in [6.07, 6.45) is 6.76. The number of esters is 1. The van der Waals surface area contributed by atoms with Gasteiger partial charge in [0, 0.05) is 12.0 Å². The maximum absolute atomic E-state index is 12.8. The third kappa shape index (κ3) is 7.96.